The summed E-state index contributed by atoms with van der Waals surface area (Å²) in [5.74, 6) is -0.544. The first-order valence-electron chi connectivity index (χ1n) is 5.80. The van der Waals surface area contributed by atoms with Crippen LogP contribution in [0.2, 0.25) is 0 Å². The fourth-order valence-corrected chi connectivity index (χ4v) is 2.70. The van der Waals surface area contributed by atoms with E-state index in [-0.39, 0.29) is 21.9 Å². The molecule has 0 saturated carbocycles. The standard InChI is InChI=1S/C11H9N5O3S3/c1-5-6(3-2-4-7(5)16(18)19)8(17)12-9(20)13-10-14-15-11(21)22-10/h2-4H,1H3,(H,15,21)(H2,12,13,14,17,20). The van der Waals surface area contributed by atoms with Crippen molar-refractivity contribution in [1.82, 2.24) is 15.5 Å². The number of nitro groups is 1. The number of rotatable bonds is 3. The maximum atomic E-state index is 12.1. The molecule has 2 rings (SSSR count). The Kier molecular flexibility index (Phi) is 4.90. The van der Waals surface area contributed by atoms with Crippen molar-refractivity contribution in [3.05, 3.63) is 43.4 Å². The van der Waals surface area contributed by atoms with Crippen molar-refractivity contribution in [2.45, 2.75) is 6.92 Å². The molecule has 1 aromatic carbocycles. The Morgan fingerprint density at radius 3 is 2.82 bits per heavy atom. The van der Waals surface area contributed by atoms with E-state index >= 15 is 0 Å². The third-order valence-electron chi connectivity index (χ3n) is 2.63. The van der Waals surface area contributed by atoms with Gasteiger partial charge in [-0.1, -0.05) is 17.4 Å². The van der Waals surface area contributed by atoms with Crippen LogP contribution < -0.4 is 10.6 Å². The Morgan fingerprint density at radius 2 is 2.23 bits per heavy atom. The van der Waals surface area contributed by atoms with Gasteiger partial charge in [0.05, 0.1) is 4.92 Å². The van der Waals surface area contributed by atoms with Gasteiger partial charge in [0.25, 0.3) is 11.6 Å². The first kappa shape index (κ1) is 16.1. The number of aromatic nitrogens is 2. The van der Waals surface area contributed by atoms with Crippen LogP contribution in [0.5, 0.6) is 0 Å². The van der Waals surface area contributed by atoms with Crippen molar-refractivity contribution < 1.29 is 9.72 Å². The lowest BCUT2D eigenvalue weighted by Crippen LogP contribution is -2.34. The van der Waals surface area contributed by atoms with Crippen molar-refractivity contribution in [3.63, 3.8) is 0 Å². The van der Waals surface area contributed by atoms with Gasteiger partial charge in [-0.25, -0.2) is 0 Å². The minimum Gasteiger partial charge on any atom is -0.307 e. The summed E-state index contributed by atoms with van der Waals surface area (Å²) >= 11 is 11.0. The molecule has 0 fully saturated rings. The maximum Gasteiger partial charge on any atom is 0.273 e. The number of thiocarbonyl (C=S) groups is 1. The molecule has 114 valence electrons. The van der Waals surface area contributed by atoms with E-state index < -0.39 is 10.8 Å². The average Bonchev–Trinajstić information content (AvgIpc) is 2.83. The zero-order valence-electron chi connectivity index (χ0n) is 11.1. The molecule has 1 amide bonds. The topological polar surface area (TPSA) is 113 Å². The molecule has 0 spiro atoms. The lowest BCUT2D eigenvalue weighted by Gasteiger charge is -2.08. The molecule has 2 aromatic rings. The predicted molar refractivity (Wildman–Crippen MR) is 88.8 cm³/mol. The molecule has 0 unspecified atom stereocenters. The van der Waals surface area contributed by atoms with Crippen LogP contribution in [-0.4, -0.2) is 26.1 Å². The first-order chi connectivity index (χ1) is 10.4. The number of hydrogen-bond acceptors (Lipinski definition) is 7. The van der Waals surface area contributed by atoms with Gasteiger partial charge in [-0.15, -0.1) is 5.10 Å². The molecular weight excluding hydrogens is 346 g/mol. The van der Waals surface area contributed by atoms with Crippen LogP contribution in [0.3, 0.4) is 0 Å². The maximum absolute atomic E-state index is 12.1. The van der Waals surface area contributed by atoms with Crippen LogP contribution >= 0.6 is 35.8 Å². The molecule has 1 aromatic heterocycles. The van der Waals surface area contributed by atoms with Crippen molar-refractivity contribution in [2.75, 3.05) is 5.32 Å². The van der Waals surface area contributed by atoms with Crippen molar-refractivity contribution in [2.24, 2.45) is 0 Å². The van der Waals surface area contributed by atoms with E-state index in [0.29, 0.717) is 9.09 Å². The van der Waals surface area contributed by atoms with E-state index in [4.69, 9.17) is 24.4 Å². The molecule has 0 radical (unpaired) electrons. The van der Waals surface area contributed by atoms with Crippen LogP contribution in [0.15, 0.2) is 18.2 Å². The molecule has 0 atom stereocenters. The van der Waals surface area contributed by atoms with Gasteiger partial charge in [0.2, 0.25) is 5.13 Å². The number of amides is 1. The minimum atomic E-state index is -0.544. The Hall–Kier alpha value is -2.24. The second kappa shape index (κ2) is 6.68. The number of nitrogens with zero attached hydrogens (tertiary/aromatic N) is 2. The first-order valence-corrected chi connectivity index (χ1v) is 7.43. The van der Waals surface area contributed by atoms with Crippen LogP contribution in [0, 0.1) is 21.0 Å². The van der Waals surface area contributed by atoms with Gasteiger partial charge in [-0.05, 0) is 37.4 Å². The Labute approximate surface area is 138 Å². The molecule has 8 nitrogen and oxygen atoms in total. The summed E-state index contributed by atoms with van der Waals surface area (Å²) in [5.41, 5.74) is 0.313. The highest BCUT2D eigenvalue weighted by Crippen LogP contribution is 2.21. The van der Waals surface area contributed by atoms with Gasteiger partial charge in [-0.2, -0.15) is 0 Å². The number of benzene rings is 1. The Morgan fingerprint density at radius 1 is 1.50 bits per heavy atom. The highest BCUT2D eigenvalue weighted by molar-refractivity contribution is 7.80. The highest BCUT2D eigenvalue weighted by atomic mass is 32.1. The van der Waals surface area contributed by atoms with Gasteiger partial charge >= 0.3 is 0 Å². The van der Waals surface area contributed by atoms with E-state index in [2.05, 4.69) is 20.8 Å². The van der Waals surface area contributed by atoms with E-state index in [0.717, 1.165) is 11.3 Å². The molecule has 22 heavy (non-hydrogen) atoms. The summed E-state index contributed by atoms with van der Waals surface area (Å²) in [6, 6.07) is 4.26. The van der Waals surface area contributed by atoms with Gasteiger partial charge in [0, 0.05) is 17.2 Å². The lowest BCUT2D eigenvalue weighted by atomic mass is 10.1. The molecule has 1 heterocycles. The zero-order valence-corrected chi connectivity index (χ0v) is 13.5. The van der Waals surface area contributed by atoms with Crippen LogP contribution in [0.4, 0.5) is 10.8 Å². The normalized spacial score (nSPS) is 10.0. The number of nitro benzene ring substituents is 1. The smallest absolute Gasteiger partial charge is 0.273 e. The zero-order chi connectivity index (χ0) is 16.3. The summed E-state index contributed by atoms with van der Waals surface area (Å²) in [7, 11) is 0. The molecule has 0 aliphatic rings. The lowest BCUT2D eigenvalue weighted by molar-refractivity contribution is -0.385. The molecule has 3 N–H and O–H groups in total. The van der Waals surface area contributed by atoms with Gasteiger partial charge < -0.3 is 5.32 Å². The van der Waals surface area contributed by atoms with Crippen molar-refractivity contribution >= 4 is 57.6 Å². The molecule has 0 bridgehead atoms. The van der Waals surface area contributed by atoms with Crippen molar-refractivity contribution in [1.29, 1.82) is 0 Å². The summed E-state index contributed by atoms with van der Waals surface area (Å²) in [5, 5.41) is 22.8. The average molecular weight is 355 g/mol. The van der Waals surface area contributed by atoms with Crippen LogP contribution in [0.25, 0.3) is 0 Å². The highest BCUT2D eigenvalue weighted by Gasteiger charge is 2.18. The van der Waals surface area contributed by atoms with Crippen LogP contribution in [-0.2, 0) is 0 Å². The van der Waals surface area contributed by atoms with E-state index in [1.165, 1.54) is 25.1 Å². The summed E-state index contributed by atoms with van der Waals surface area (Å²) < 4.78 is 0.464. The van der Waals surface area contributed by atoms with Gasteiger partial charge in [-0.3, -0.25) is 25.3 Å². The number of carbonyl (C=O) groups is 1. The number of anilines is 1. The number of aromatic amines is 1. The largest absolute Gasteiger partial charge is 0.307 e. The van der Waals surface area contributed by atoms with E-state index in [1.807, 2.05) is 0 Å². The number of carbonyl (C=O) groups excluding carboxylic acids is 1. The minimum absolute atomic E-state index is 0.0219. The summed E-state index contributed by atoms with van der Waals surface area (Å²) in [4.78, 5) is 22.5. The van der Waals surface area contributed by atoms with Gasteiger partial charge in [0.1, 0.15) is 0 Å². The second-order valence-corrected chi connectivity index (χ2v) is 6.11. The molecule has 0 aliphatic heterocycles. The van der Waals surface area contributed by atoms with Crippen molar-refractivity contribution in [3.8, 4) is 0 Å². The number of hydrogen-bond donors (Lipinski definition) is 3. The monoisotopic (exact) mass is 355 g/mol. The predicted octanol–water partition coefficient (Wildman–Crippen LogP) is 2.54. The Bertz CT molecular complexity index is 813. The number of H-pyrrole nitrogens is 1. The fraction of sp³-hybridized carbons (Fsp3) is 0.0909. The molecular formula is C11H9N5O3S3. The summed E-state index contributed by atoms with van der Waals surface area (Å²) in [6.07, 6.45) is 0. The molecule has 0 saturated heterocycles. The number of nitrogens with one attached hydrogen (secondary N) is 3. The second-order valence-electron chi connectivity index (χ2n) is 4.03. The third-order valence-corrected chi connectivity index (χ3v) is 3.84. The SMILES string of the molecule is Cc1c(C(=O)NC(=S)Nc2n[nH]c(=S)s2)cccc1[N+](=O)[O-]. The third kappa shape index (κ3) is 3.69. The fourth-order valence-electron chi connectivity index (χ4n) is 1.65. The quantitative estimate of drug-likeness (QED) is 0.440. The summed E-state index contributed by atoms with van der Waals surface area (Å²) in [6.45, 7) is 1.50. The van der Waals surface area contributed by atoms with Crippen LogP contribution in [0.1, 0.15) is 15.9 Å². The van der Waals surface area contributed by atoms with E-state index in [9.17, 15) is 14.9 Å². The van der Waals surface area contributed by atoms with Gasteiger partial charge in [0.15, 0.2) is 9.07 Å². The van der Waals surface area contributed by atoms with E-state index in [1.54, 1.807) is 0 Å². The Balaban J connectivity index is 2.12. The molecule has 0 aliphatic carbocycles. The molecule has 11 heteroatoms.